The molecule has 0 saturated carbocycles. The SMILES string of the molecule is CCN(CC1=NSC(Nc2nc(C)cn3c(-c4cn[nH]c4)cnc23)C1)C(C)(C)CO. The van der Waals surface area contributed by atoms with E-state index < -0.39 is 0 Å². The molecular weight excluding hydrogens is 400 g/mol. The van der Waals surface area contributed by atoms with Crippen molar-refractivity contribution < 1.29 is 5.11 Å². The second-order valence-electron chi connectivity index (χ2n) is 8.14. The summed E-state index contributed by atoms with van der Waals surface area (Å²) in [6, 6.07) is 0. The lowest BCUT2D eigenvalue weighted by Gasteiger charge is -2.36. The van der Waals surface area contributed by atoms with E-state index in [1.54, 1.807) is 6.20 Å². The standard InChI is InChI=1S/C20H28N8OS/c1-5-27(20(3,4)12-29)11-15-6-17(30-26-15)25-18-19-21-9-16(14-7-22-23-8-14)28(19)10-13(2)24-18/h7-10,17,29H,5-6,11-12H2,1-4H3,(H,22,23)(H,24,25). The lowest BCUT2D eigenvalue weighted by Crippen LogP contribution is -2.48. The zero-order valence-electron chi connectivity index (χ0n) is 17.8. The molecule has 1 aliphatic heterocycles. The first-order chi connectivity index (χ1) is 14.4. The highest BCUT2D eigenvalue weighted by Crippen LogP contribution is 2.30. The molecule has 0 aromatic carbocycles. The van der Waals surface area contributed by atoms with Crippen molar-refractivity contribution in [3.8, 4) is 11.3 Å². The number of likely N-dealkylation sites (N-methyl/N-ethyl adjacent to an activating group) is 1. The maximum Gasteiger partial charge on any atom is 0.180 e. The number of anilines is 1. The summed E-state index contributed by atoms with van der Waals surface area (Å²) in [7, 11) is 0. The third-order valence-electron chi connectivity index (χ3n) is 5.43. The molecule has 4 rings (SSSR count). The van der Waals surface area contributed by atoms with Gasteiger partial charge in [0.1, 0.15) is 5.37 Å². The van der Waals surface area contributed by atoms with Gasteiger partial charge in [0.2, 0.25) is 0 Å². The second kappa shape index (κ2) is 8.37. The number of hydrogen-bond acceptors (Lipinski definition) is 8. The Morgan fingerprint density at radius 1 is 1.40 bits per heavy atom. The number of hydrogen-bond donors (Lipinski definition) is 3. The highest BCUT2D eigenvalue weighted by Gasteiger charge is 2.29. The summed E-state index contributed by atoms with van der Waals surface area (Å²) in [4.78, 5) is 11.5. The van der Waals surface area contributed by atoms with Crippen LogP contribution in [0.3, 0.4) is 0 Å². The third kappa shape index (κ3) is 4.07. The normalized spacial score (nSPS) is 17.1. The molecule has 10 heteroatoms. The fraction of sp³-hybridized carbons (Fsp3) is 0.500. The molecule has 0 saturated heterocycles. The number of fused-ring (bicyclic) bond motifs is 1. The van der Waals surface area contributed by atoms with Crippen LogP contribution in [0.25, 0.3) is 16.9 Å². The van der Waals surface area contributed by atoms with E-state index >= 15 is 0 Å². The highest BCUT2D eigenvalue weighted by molar-refractivity contribution is 7.99. The fourth-order valence-electron chi connectivity index (χ4n) is 3.63. The number of rotatable bonds is 8. The monoisotopic (exact) mass is 428 g/mol. The lowest BCUT2D eigenvalue weighted by molar-refractivity contribution is 0.0743. The number of aliphatic hydroxyl groups excluding tert-OH is 1. The van der Waals surface area contributed by atoms with Crippen LogP contribution < -0.4 is 5.32 Å². The van der Waals surface area contributed by atoms with Gasteiger partial charge in [-0.3, -0.25) is 14.4 Å². The van der Waals surface area contributed by atoms with Crippen molar-refractivity contribution in [3.05, 3.63) is 30.5 Å². The quantitative estimate of drug-likeness (QED) is 0.474. The molecule has 1 atom stereocenters. The van der Waals surface area contributed by atoms with Crippen molar-refractivity contribution in [2.75, 3.05) is 25.0 Å². The van der Waals surface area contributed by atoms with E-state index in [9.17, 15) is 5.11 Å². The highest BCUT2D eigenvalue weighted by atomic mass is 32.2. The zero-order valence-corrected chi connectivity index (χ0v) is 18.6. The molecule has 3 N–H and O–H groups in total. The van der Waals surface area contributed by atoms with Crippen LogP contribution in [-0.4, -0.2) is 70.9 Å². The average Bonchev–Trinajstić information content (AvgIpc) is 3.46. The van der Waals surface area contributed by atoms with Crippen molar-refractivity contribution in [3.63, 3.8) is 0 Å². The largest absolute Gasteiger partial charge is 0.394 e. The van der Waals surface area contributed by atoms with Gasteiger partial charge in [-0.25, -0.2) is 14.4 Å². The Labute approximate surface area is 180 Å². The minimum Gasteiger partial charge on any atom is -0.394 e. The van der Waals surface area contributed by atoms with Crippen molar-refractivity contribution in [1.29, 1.82) is 0 Å². The molecule has 3 aromatic heterocycles. The number of aliphatic hydroxyl groups is 1. The van der Waals surface area contributed by atoms with E-state index in [-0.39, 0.29) is 17.5 Å². The molecule has 3 aromatic rings. The minimum absolute atomic E-state index is 0.100. The van der Waals surface area contributed by atoms with Gasteiger partial charge in [0.15, 0.2) is 11.5 Å². The lowest BCUT2D eigenvalue weighted by atomic mass is 10.0. The molecule has 0 amide bonds. The van der Waals surface area contributed by atoms with E-state index in [1.165, 1.54) is 11.9 Å². The Hall–Kier alpha value is -2.43. The number of nitrogens with one attached hydrogen (secondary N) is 2. The summed E-state index contributed by atoms with van der Waals surface area (Å²) in [5.74, 6) is 0.752. The van der Waals surface area contributed by atoms with Gasteiger partial charge in [0, 0.05) is 42.2 Å². The van der Waals surface area contributed by atoms with E-state index in [0.29, 0.717) is 0 Å². The molecule has 0 bridgehead atoms. The van der Waals surface area contributed by atoms with Crippen molar-refractivity contribution in [2.45, 2.75) is 45.0 Å². The van der Waals surface area contributed by atoms with E-state index in [1.807, 2.05) is 29.9 Å². The smallest absolute Gasteiger partial charge is 0.180 e. The topological polar surface area (TPSA) is 107 Å². The van der Waals surface area contributed by atoms with Gasteiger partial charge in [0.25, 0.3) is 0 Å². The first-order valence-corrected chi connectivity index (χ1v) is 10.9. The Balaban J connectivity index is 1.50. The summed E-state index contributed by atoms with van der Waals surface area (Å²) in [6.07, 6.45) is 8.28. The molecule has 1 aliphatic rings. The predicted octanol–water partition coefficient (Wildman–Crippen LogP) is 2.75. The molecule has 0 fully saturated rings. The van der Waals surface area contributed by atoms with Gasteiger partial charge in [-0.1, -0.05) is 6.92 Å². The molecule has 9 nitrogen and oxygen atoms in total. The third-order valence-corrected chi connectivity index (χ3v) is 6.34. The molecule has 4 heterocycles. The van der Waals surface area contributed by atoms with Crippen LogP contribution >= 0.6 is 11.9 Å². The van der Waals surface area contributed by atoms with Crippen LogP contribution in [0, 0.1) is 6.92 Å². The van der Waals surface area contributed by atoms with Crippen LogP contribution in [0.1, 0.15) is 32.9 Å². The summed E-state index contributed by atoms with van der Waals surface area (Å²) >= 11 is 1.53. The first-order valence-electron chi connectivity index (χ1n) is 10.1. The summed E-state index contributed by atoms with van der Waals surface area (Å²) in [5.41, 5.74) is 4.48. The van der Waals surface area contributed by atoms with Crippen LogP contribution in [0.15, 0.2) is 29.2 Å². The number of H-pyrrole nitrogens is 1. The van der Waals surface area contributed by atoms with Gasteiger partial charge < -0.3 is 10.4 Å². The molecule has 0 radical (unpaired) electrons. The summed E-state index contributed by atoms with van der Waals surface area (Å²) in [5, 5.41) is 20.2. The Bertz CT molecular complexity index is 1040. The molecule has 160 valence electrons. The van der Waals surface area contributed by atoms with Gasteiger partial charge in [-0.05, 0) is 39.3 Å². The fourth-order valence-corrected chi connectivity index (χ4v) is 4.47. The number of aromatic amines is 1. The van der Waals surface area contributed by atoms with Gasteiger partial charge in [-0.2, -0.15) is 5.10 Å². The Kier molecular flexibility index (Phi) is 5.81. The number of imidazole rings is 1. The molecule has 0 spiro atoms. The number of aromatic nitrogens is 5. The van der Waals surface area contributed by atoms with Gasteiger partial charge in [-0.15, -0.1) is 0 Å². The van der Waals surface area contributed by atoms with E-state index in [4.69, 9.17) is 0 Å². The number of nitrogens with zero attached hydrogens (tertiary/aromatic N) is 6. The maximum atomic E-state index is 9.69. The van der Waals surface area contributed by atoms with Crippen LogP contribution in [0.5, 0.6) is 0 Å². The Morgan fingerprint density at radius 3 is 2.93 bits per heavy atom. The van der Waals surface area contributed by atoms with Crippen molar-refractivity contribution in [2.24, 2.45) is 4.40 Å². The molecule has 0 aliphatic carbocycles. The van der Waals surface area contributed by atoms with Gasteiger partial charge >= 0.3 is 0 Å². The van der Waals surface area contributed by atoms with E-state index in [2.05, 4.69) is 55.6 Å². The molecule has 30 heavy (non-hydrogen) atoms. The number of aryl methyl sites for hydroxylation is 1. The van der Waals surface area contributed by atoms with Gasteiger partial charge in [0.05, 0.1) is 30.4 Å². The van der Waals surface area contributed by atoms with Crippen molar-refractivity contribution >= 4 is 29.1 Å². The van der Waals surface area contributed by atoms with Crippen LogP contribution in [-0.2, 0) is 0 Å². The summed E-state index contributed by atoms with van der Waals surface area (Å²) in [6.45, 7) is 9.92. The first kappa shape index (κ1) is 20.8. The zero-order chi connectivity index (χ0) is 21.3. The molecular formula is C20H28N8OS. The second-order valence-corrected chi connectivity index (χ2v) is 9.10. The average molecular weight is 429 g/mol. The Morgan fingerprint density at radius 2 is 2.23 bits per heavy atom. The predicted molar refractivity (Wildman–Crippen MR) is 121 cm³/mol. The van der Waals surface area contributed by atoms with Crippen molar-refractivity contribution in [1.82, 2.24) is 29.5 Å². The van der Waals surface area contributed by atoms with E-state index in [0.717, 1.165) is 53.6 Å². The maximum absolute atomic E-state index is 9.69. The van der Waals surface area contributed by atoms with Crippen LogP contribution in [0.4, 0.5) is 5.82 Å². The summed E-state index contributed by atoms with van der Waals surface area (Å²) < 4.78 is 6.72. The van der Waals surface area contributed by atoms with Crippen LogP contribution in [0.2, 0.25) is 0 Å². The molecule has 1 unspecified atom stereocenters. The minimum atomic E-state index is -0.267.